The Morgan fingerprint density at radius 2 is 2.14 bits per heavy atom. The first kappa shape index (κ1) is 14.2. The first-order chi connectivity index (χ1) is 10.3. The maximum Gasteiger partial charge on any atom is 0.260 e. The summed E-state index contributed by atoms with van der Waals surface area (Å²) in [5.74, 6) is -0.198. The molecule has 0 spiro atoms. The highest BCUT2D eigenvalue weighted by atomic mass is 32.1. The van der Waals surface area contributed by atoms with Crippen LogP contribution in [0.1, 0.15) is 29.6 Å². The van der Waals surface area contributed by atoms with Crippen LogP contribution in [0, 0.1) is 0 Å². The molecule has 0 atom stereocenters. The van der Waals surface area contributed by atoms with E-state index in [4.69, 9.17) is 0 Å². The number of hydrogen-bond donors (Lipinski definition) is 1. The van der Waals surface area contributed by atoms with Crippen LogP contribution in [-0.2, 0) is 6.54 Å². The number of hydrogen-bond acceptors (Lipinski definition) is 6. The molecule has 1 amide bonds. The Hall–Kier alpha value is -1.80. The van der Waals surface area contributed by atoms with Crippen molar-refractivity contribution in [2.45, 2.75) is 25.8 Å². The first-order valence-corrected chi connectivity index (χ1v) is 8.01. The minimum atomic E-state index is -0.198. The molecule has 21 heavy (non-hydrogen) atoms. The van der Waals surface area contributed by atoms with Crippen LogP contribution >= 0.6 is 11.3 Å². The van der Waals surface area contributed by atoms with Gasteiger partial charge in [-0.3, -0.25) is 14.8 Å². The van der Waals surface area contributed by atoms with Crippen LogP contribution in [0.15, 0.2) is 17.9 Å². The summed E-state index contributed by atoms with van der Waals surface area (Å²) >= 11 is 1.29. The average Bonchev–Trinajstić information content (AvgIpc) is 3.17. The van der Waals surface area contributed by atoms with Crippen molar-refractivity contribution in [2.24, 2.45) is 0 Å². The van der Waals surface area contributed by atoms with E-state index in [0.29, 0.717) is 10.7 Å². The number of nitrogens with one attached hydrogen (secondary N) is 1. The molecule has 0 unspecified atom stereocenters. The van der Waals surface area contributed by atoms with E-state index in [1.807, 2.05) is 4.68 Å². The minimum Gasteiger partial charge on any atom is -0.301 e. The van der Waals surface area contributed by atoms with Gasteiger partial charge in [0.2, 0.25) is 5.13 Å². The van der Waals surface area contributed by atoms with Gasteiger partial charge in [0.05, 0.1) is 18.3 Å². The van der Waals surface area contributed by atoms with E-state index < -0.39 is 0 Å². The molecule has 1 N–H and O–H groups in total. The molecule has 0 radical (unpaired) electrons. The van der Waals surface area contributed by atoms with Crippen LogP contribution in [0.4, 0.5) is 5.13 Å². The molecule has 1 aliphatic heterocycles. The fourth-order valence-electron chi connectivity index (χ4n) is 2.43. The van der Waals surface area contributed by atoms with E-state index in [0.717, 1.165) is 13.1 Å². The summed E-state index contributed by atoms with van der Waals surface area (Å²) in [6.07, 6.45) is 7.28. The second kappa shape index (κ2) is 6.77. The molecule has 1 saturated heterocycles. The minimum absolute atomic E-state index is 0.198. The van der Waals surface area contributed by atoms with Crippen LogP contribution in [0.25, 0.3) is 0 Å². The zero-order valence-corrected chi connectivity index (χ0v) is 12.6. The van der Waals surface area contributed by atoms with E-state index in [1.54, 1.807) is 17.9 Å². The van der Waals surface area contributed by atoms with Crippen molar-refractivity contribution in [1.82, 2.24) is 24.9 Å². The number of likely N-dealkylation sites (tertiary alicyclic amines) is 1. The van der Waals surface area contributed by atoms with Gasteiger partial charge in [-0.25, -0.2) is 0 Å². The Balaban J connectivity index is 1.52. The van der Waals surface area contributed by atoms with Crippen molar-refractivity contribution in [3.63, 3.8) is 0 Å². The summed E-state index contributed by atoms with van der Waals surface area (Å²) in [5, 5.41) is 14.9. The lowest BCUT2D eigenvalue weighted by atomic mass is 10.1. The van der Waals surface area contributed by atoms with Crippen molar-refractivity contribution in [2.75, 3.05) is 25.0 Å². The summed E-state index contributed by atoms with van der Waals surface area (Å²) in [5.41, 5.74) is 2.13. The maximum absolute atomic E-state index is 12.0. The maximum atomic E-state index is 12.0. The lowest BCUT2D eigenvalue weighted by Crippen LogP contribution is -2.32. The monoisotopic (exact) mass is 306 g/mol. The number of amides is 1. The lowest BCUT2D eigenvalue weighted by molar-refractivity contribution is 0.102. The number of carbonyl (C=O) groups excluding carboxylic acids is 1. The fraction of sp³-hybridized carbons (Fsp3) is 0.538. The zero-order chi connectivity index (χ0) is 14.5. The molecule has 0 aromatic carbocycles. The predicted octanol–water partition coefficient (Wildman–Crippen LogP) is 1.47. The molecule has 1 aliphatic rings. The Labute approximate surface area is 127 Å². The molecule has 3 heterocycles. The SMILES string of the molecule is O=C(Nc1nncs1)c1cnn(CCN2CCCCC2)c1. The second-order valence-corrected chi connectivity index (χ2v) is 5.93. The Morgan fingerprint density at radius 1 is 1.29 bits per heavy atom. The normalized spacial score (nSPS) is 16.0. The molecule has 0 bridgehead atoms. The standard InChI is InChI=1S/C13H18N6OS/c20-12(16-13-17-14-10-21-13)11-8-15-19(9-11)7-6-18-4-2-1-3-5-18/h8-10H,1-7H2,(H,16,17,20). The summed E-state index contributed by atoms with van der Waals surface area (Å²) in [7, 11) is 0. The predicted molar refractivity (Wildman–Crippen MR) is 80.4 cm³/mol. The van der Waals surface area contributed by atoms with Crippen molar-refractivity contribution in [1.29, 1.82) is 0 Å². The molecule has 0 aliphatic carbocycles. The molecule has 1 fully saturated rings. The van der Waals surface area contributed by atoms with Gasteiger partial charge < -0.3 is 4.90 Å². The van der Waals surface area contributed by atoms with Gasteiger partial charge in [-0.15, -0.1) is 10.2 Å². The topological polar surface area (TPSA) is 75.9 Å². The summed E-state index contributed by atoms with van der Waals surface area (Å²) < 4.78 is 1.82. The van der Waals surface area contributed by atoms with E-state index in [9.17, 15) is 4.79 Å². The van der Waals surface area contributed by atoms with Gasteiger partial charge >= 0.3 is 0 Å². The summed E-state index contributed by atoms with van der Waals surface area (Å²) in [6.45, 7) is 4.14. The number of piperidine rings is 1. The number of aromatic nitrogens is 4. The van der Waals surface area contributed by atoms with Gasteiger partial charge in [-0.05, 0) is 25.9 Å². The molecule has 0 saturated carbocycles. The van der Waals surface area contributed by atoms with Crippen LogP contribution in [0.3, 0.4) is 0 Å². The molecular formula is C13H18N6OS. The molecule has 8 heteroatoms. The number of nitrogens with zero attached hydrogens (tertiary/aromatic N) is 5. The van der Waals surface area contributed by atoms with E-state index >= 15 is 0 Å². The highest BCUT2D eigenvalue weighted by Gasteiger charge is 2.12. The number of rotatable bonds is 5. The van der Waals surface area contributed by atoms with Crippen LogP contribution < -0.4 is 5.32 Å². The van der Waals surface area contributed by atoms with Crippen molar-refractivity contribution in [3.8, 4) is 0 Å². The van der Waals surface area contributed by atoms with Gasteiger partial charge in [-0.2, -0.15) is 5.10 Å². The van der Waals surface area contributed by atoms with Crippen molar-refractivity contribution >= 4 is 22.4 Å². The first-order valence-electron chi connectivity index (χ1n) is 7.13. The third kappa shape index (κ3) is 3.85. The Bertz CT molecular complexity index is 575. The molecule has 3 rings (SSSR count). The third-order valence-corrected chi connectivity index (χ3v) is 4.18. The Morgan fingerprint density at radius 3 is 2.90 bits per heavy atom. The molecule has 2 aromatic heterocycles. The zero-order valence-electron chi connectivity index (χ0n) is 11.7. The van der Waals surface area contributed by atoms with E-state index in [-0.39, 0.29) is 5.91 Å². The average molecular weight is 306 g/mol. The molecule has 112 valence electrons. The van der Waals surface area contributed by atoms with Crippen molar-refractivity contribution in [3.05, 3.63) is 23.5 Å². The van der Waals surface area contributed by atoms with E-state index in [1.165, 1.54) is 43.7 Å². The van der Waals surface area contributed by atoms with Gasteiger partial charge in [-0.1, -0.05) is 17.8 Å². The van der Waals surface area contributed by atoms with Crippen LogP contribution in [0.5, 0.6) is 0 Å². The second-order valence-electron chi connectivity index (χ2n) is 5.09. The molecule has 2 aromatic rings. The lowest BCUT2D eigenvalue weighted by Gasteiger charge is -2.26. The van der Waals surface area contributed by atoms with Gasteiger partial charge in [0.25, 0.3) is 5.91 Å². The highest BCUT2D eigenvalue weighted by molar-refractivity contribution is 7.13. The van der Waals surface area contributed by atoms with Crippen LogP contribution in [0.2, 0.25) is 0 Å². The van der Waals surface area contributed by atoms with E-state index in [2.05, 4.69) is 25.5 Å². The largest absolute Gasteiger partial charge is 0.301 e. The van der Waals surface area contributed by atoms with Gasteiger partial charge in [0.1, 0.15) is 5.51 Å². The summed E-state index contributed by atoms with van der Waals surface area (Å²) in [6, 6.07) is 0. The Kier molecular flexibility index (Phi) is 4.56. The fourth-order valence-corrected chi connectivity index (χ4v) is 2.87. The summed E-state index contributed by atoms with van der Waals surface area (Å²) in [4.78, 5) is 14.4. The quantitative estimate of drug-likeness (QED) is 0.905. The van der Waals surface area contributed by atoms with Gasteiger partial charge in [0, 0.05) is 12.7 Å². The number of carbonyl (C=O) groups is 1. The smallest absolute Gasteiger partial charge is 0.260 e. The van der Waals surface area contributed by atoms with Gasteiger partial charge in [0.15, 0.2) is 0 Å². The third-order valence-electron chi connectivity index (χ3n) is 3.57. The molecule has 7 nitrogen and oxygen atoms in total. The van der Waals surface area contributed by atoms with Crippen molar-refractivity contribution < 1.29 is 4.79 Å². The van der Waals surface area contributed by atoms with Crippen LogP contribution in [-0.4, -0.2) is 50.4 Å². The number of anilines is 1. The highest BCUT2D eigenvalue weighted by Crippen LogP contribution is 2.11. The molecular weight excluding hydrogens is 288 g/mol.